The van der Waals surface area contributed by atoms with E-state index in [2.05, 4.69) is 6.92 Å². The Balaban J connectivity index is 0.00000101. The van der Waals surface area contributed by atoms with Gasteiger partial charge in [0.1, 0.15) is 11.6 Å². The Labute approximate surface area is 175 Å². The molecule has 0 bridgehead atoms. The third-order valence-corrected chi connectivity index (χ3v) is 4.56. The summed E-state index contributed by atoms with van der Waals surface area (Å²) in [6, 6.07) is 10.5. The predicted octanol–water partition coefficient (Wildman–Crippen LogP) is 4.34. The zero-order valence-corrected chi connectivity index (χ0v) is 17.3. The molecule has 30 heavy (non-hydrogen) atoms. The molecule has 0 amide bonds. The van der Waals surface area contributed by atoms with E-state index in [-0.39, 0.29) is 6.42 Å². The van der Waals surface area contributed by atoms with Gasteiger partial charge in [0.15, 0.2) is 5.82 Å². The van der Waals surface area contributed by atoms with Gasteiger partial charge in [0.2, 0.25) is 0 Å². The zero-order chi connectivity index (χ0) is 22.3. The van der Waals surface area contributed by atoms with Crippen LogP contribution in [0.1, 0.15) is 30.0 Å². The van der Waals surface area contributed by atoms with Crippen LogP contribution in [0.25, 0.3) is 11.1 Å². The highest BCUT2D eigenvalue weighted by Crippen LogP contribution is 2.28. The van der Waals surface area contributed by atoms with Gasteiger partial charge in [0.05, 0.1) is 0 Å². The molecule has 0 saturated carbocycles. The summed E-state index contributed by atoms with van der Waals surface area (Å²) in [6.45, 7) is 2.06. The van der Waals surface area contributed by atoms with Crippen molar-refractivity contribution in [2.75, 3.05) is 0 Å². The maximum atomic E-state index is 14.1. The molecule has 0 atom stereocenters. The Morgan fingerprint density at radius 1 is 0.933 bits per heavy atom. The van der Waals surface area contributed by atoms with Gasteiger partial charge in [0, 0.05) is 31.3 Å². The number of halogens is 3. The largest absolute Gasteiger partial charge is 0.335 e. The van der Waals surface area contributed by atoms with E-state index in [0.29, 0.717) is 11.1 Å². The lowest BCUT2D eigenvalue weighted by Gasteiger charge is -2.14. The first-order valence-electron chi connectivity index (χ1n) is 9.14. The van der Waals surface area contributed by atoms with Crippen LogP contribution >= 0.6 is 0 Å². The predicted molar refractivity (Wildman–Crippen MR) is 109 cm³/mol. The number of rotatable bonds is 5. The summed E-state index contributed by atoms with van der Waals surface area (Å²) in [7, 11) is 1.49. The summed E-state index contributed by atoms with van der Waals surface area (Å²) in [5, 5.41) is 0. The molecule has 0 radical (unpaired) electrons. The third-order valence-electron chi connectivity index (χ3n) is 4.56. The minimum absolute atomic E-state index is 0.234. The smallest absolute Gasteiger partial charge is 0.315 e. The van der Waals surface area contributed by atoms with E-state index < -0.39 is 34.6 Å². The molecule has 3 rings (SSSR count). The SMILES string of the molecule is CCCc1ccc(Cc2ccc(F)cc2F)c(-c2cc(F)c(=O)n(C)c2)c1.O=S=O. The molecule has 0 unspecified atom stereocenters. The van der Waals surface area contributed by atoms with Crippen LogP contribution in [0.2, 0.25) is 0 Å². The normalized spacial score (nSPS) is 10.3. The fourth-order valence-electron chi connectivity index (χ4n) is 3.18. The Morgan fingerprint density at radius 3 is 2.20 bits per heavy atom. The van der Waals surface area contributed by atoms with Crippen molar-refractivity contribution in [1.29, 1.82) is 0 Å². The average Bonchev–Trinajstić information content (AvgIpc) is 2.69. The molecule has 1 heterocycles. The minimum Gasteiger partial charge on any atom is -0.315 e. The maximum Gasteiger partial charge on any atom is 0.335 e. The van der Waals surface area contributed by atoms with Gasteiger partial charge in [-0.3, -0.25) is 4.79 Å². The molecular formula is C22H20F3NO3S. The Hall–Kier alpha value is -3.00. The summed E-state index contributed by atoms with van der Waals surface area (Å²) >= 11 is -0.750. The molecule has 4 nitrogen and oxygen atoms in total. The molecule has 0 aliphatic heterocycles. The van der Waals surface area contributed by atoms with Gasteiger partial charge < -0.3 is 4.57 Å². The Kier molecular flexibility index (Phi) is 8.29. The lowest BCUT2D eigenvalue weighted by atomic mass is 9.92. The fourth-order valence-corrected chi connectivity index (χ4v) is 3.18. The molecule has 0 N–H and O–H groups in total. The van der Waals surface area contributed by atoms with Crippen LogP contribution in [0.3, 0.4) is 0 Å². The molecule has 0 fully saturated rings. The van der Waals surface area contributed by atoms with E-state index in [0.717, 1.165) is 35.6 Å². The van der Waals surface area contributed by atoms with Gasteiger partial charge >= 0.3 is 11.6 Å². The second-order valence-corrected chi connectivity index (χ2v) is 6.85. The van der Waals surface area contributed by atoms with Crippen molar-refractivity contribution in [3.63, 3.8) is 0 Å². The van der Waals surface area contributed by atoms with Gasteiger partial charge in [-0.15, -0.1) is 0 Å². The number of benzene rings is 2. The van der Waals surface area contributed by atoms with Gasteiger partial charge in [-0.25, -0.2) is 13.2 Å². The first kappa shape index (κ1) is 23.3. The van der Waals surface area contributed by atoms with Crippen LogP contribution in [0, 0.1) is 17.5 Å². The molecule has 0 aliphatic rings. The third kappa shape index (κ3) is 5.76. The number of aromatic nitrogens is 1. The van der Waals surface area contributed by atoms with Crippen molar-refractivity contribution < 1.29 is 21.6 Å². The van der Waals surface area contributed by atoms with Crippen molar-refractivity contribution >= 4 is 11.6 Å². The zero-order valence-electron chi connectivity index (χ0n) is 16.5. The summed E-state index contributed by atoms with van der Waals surface area (Å²) in [4.78, 5) is 11.7. The fraction of sp³-hybridized carbons (Fsp3) is 0.227. The maximum absolute atomic E-state index is 14.1. The summed E-state index contributed by atoms with van der Waals surface area (Å²) in [6.07, 6.45) is 3.61. The monoisotopic (exact) mass is 435 g/mol. The minimum atomic E-state index is -0.838. The average molecular weight is 435 g/mol. The second-order valence-electron chi connectivity index (χ2n) is 6.71. The van der Waals surface area contributed by atoms with Crippen molar-refractivity contribution in [2.24, 2.45) is 7.05 Å². The summed E-state index contributed by atoms with van der Waals surface area (Å²) in [5.74, 6) is -2.09. The van der Waals surface area contributed by atoms with Crippen molar-refractivity contribution in [3.8, 4) is 11.1 Å². The van der Waals surface area contributed by atoms with Crippen molar-refractivity contribution in [3.05, 3.63) is 93.2 Å². The molecule has 2 aromatic carbocycles. The number of pyridine rings is 1. The van der Waals surface area contributed by atoms with Crippen LogP contribution in [0.4, 0.5) is 13.2 Å². The highest BCUT2D eigenvalue weighted by atomic mass is 32.1. The van der Waals surface area contributed by atoms with Crippen LogP contribution in [-0.4, -0.2) is 13.0 Å². The Bertz CT molecular complexity index is 1110. The lowest BCUT2D eigenvalue weighted by Crippen LogP contribution is -2.19. The molecule has 158 valence electrons. The van der Waals surface area contributed by atoms with E-state index in [9.17, 15) is 18.0 Å². The van der Waals surface area contributed by atoms with E-state index >= 15 is 0 Å². The van der Waals surface area contributed by atoms with Gasteiger partial charge in [0.25, 0.3) is 5.56 Å². The number of aryl methyl sites for hydroxylation is 2. The molecule has 0 aliphatic carbocycles. The standard InChI is InChI=1S/C22H20F3NO.O2S/c1-3-4-14-5-6-15(10-16-7-8-18(23)12-20(16)24)19(9-14)17-11-21(25)22(27)26(2)13-17;1-3-2/h5-9,11-13H,3-4,10H2,1-2H3;. The topological polar surface area (TPSA) is 56.1 Å². The van der Waals surface area contributed by atoms with E-state index in [4.69, 9.17) is 8.42 Å². The number of nitrogens with zero attached hydrogens (tertiary/aromatic N) is 1. The highest BCUT2D eigenvalue weighted by Gasteiger charge is 2.13. The molecule has 3 aromatic rings. The van der Waals surface area contributed by atoms with E-state index in [1.54, 1.807) is 6.20 Å². The summed E-state index contributed by atoms with van der Waals surface area (Å²) < 4.78 is 59.1. The van der Waals surface area contributed by atoms with Crippen LogP contribution in [0.15, 0.2) is 53.5 Å². The summed E-state index contributed by atoms with van der Waals surface area (Å²) in [5.41, 5.74) is 2.79. The van der Waals surface area contributed by atoms with E-state index in [1.165, 1.54) is 29.8 Å². The Morgan fingerprint density at radius 2 is 1.60 bits per heavy atom. The van der Waals surface area contributed by atoms with Crippen LogP contribution in [-0.2, 0) is 31.5 Å². The highest BCUT2D eigenvalue weighted by molar-refractivity contribution is 7.51. The molecular weight excluding hydrogens is 415 g/mol. The molecule has 1 aromatic heterocycles. The lowest BCUT2D eigenvalue weighted by molar-refractivity contribution is 0.574. The van der Waals surface area contributed by atoms with Gasteiger partial charge in [-0.2, -0.15) is 8.42 Å². The molecule has 8 heteroatoms. The van der Waals surface area contributed by atoms with Crippen molar-refractivity contribution in [1.82, 2.24) is 4.57 Å². The second kappa shape index (κ2) is 10.7. The van der Waals surface area contributed by atoms with Crippen LogP contribution < -0.4 is 5.56 Å². The van der Waals surface area contributed by atoms with E-state index in [1.807, 2.05) is 18.2 Å². The van der Waals surface area contributed by atoms with Crippen molar-refractivity contribution in [2.45, 2.75) is 26.2 Å². The van der Waals surface area contributed by atoms with Gasteiger partial charge in [-0.05, 0) is 40.8 Å². The quantitative estimate of drug-likeness (QED) is 0.599. The molecule has 0 saturated heterocycles. The number of hydrogen-bond donors (Lipinski definition) is 0. The van der Waals surface area contributed by atoms with Crippen LogP contribution in [0.5, 0.6) is 0 Å². The number of hydrogen-bond acceptors (Lipinski definition) is 3. The molecule has 0 spiro atoms. The van der Waals surface area contributed by atoms with Gasteiger partial charge in [-0.1, -0.05) is 37.6 Å². The first-order valence-corrected chi connectivity index (χ1v) is 9.81. The first-order chi connectivity index (χ1) is 14.3.